The van der Waals surface area contributed by atoms with E-state index in [-0.39, 0.29) is 16.2 Å². The van der Waals surface area contributed by atoms with Gasteiger partial charge in [0, 0.05) is 0 Å². The monoisotopic (exact) mass is 267 g/mol. The summed E-state index contributed by atoms with van der Waals surface area (Å²) in [4.78, 5) is 0.519. The van der Waals surface area contributed by atoms with E-state index in [0.29, 0.717) is 15.6 Å². The SMILES string of the molecule is CC.CC1Nc2c(Cl)cc(Cl)c(F)c2S1. The highest BCUT2D eigenvalue weighted by Gasteiger charge is 2.25. The zero-order valence-corrected chi connectivity index (χ0v) is 11.0. The molecule has 0 amide bonds. The summed E-state index contributed by atoms with van der Waals surface area (Å²) in [5, 5.41) is 3.75. The van der Waals surface area contributed by atoms with Gasteiger partial charge in [-0.05, 0) is 13.0 Å². The molecule has 0 fully saturated rings. The second kappa shape index (κ2) is 5.28. The molecule has 1 aromatic carbocycles. The molecule has 1 unspecified atom stereocenters. The first-order chi connectivity index (χ1) is 7.09. The first kappa shape index (κ1) is 12.9. The van der Waals surface area contributed by atoms with E-state index in [1.807, 2.05) is 20.8 Å². The highest BCUT2D eigenvalue weighted by Crippen LogP contribution is 2.46. The van der Waals surface area contributed by atoms with Crippen molar-refractivity contribution < 1.29 is 4.39 Å². The smallest absolute Gasteiger partial charge is 0.157 e. The molecule has 0 saturated heterocycles. The topological polar surface area (TPSA) is 12.0 Å². The minimum absolute atomic E-state index is 0.0761. The molecule has 0 radical (unpaired) electrons. The lowest BCUT2D eigenvalue weighted by molar-refractivity contribution is 0.604. The second-order valence-electron chi connectivity index (χ2n) is 2.76. The molecule has 2 rings (SSSR count). The first-order valence-corrected chi connectivity index (χ1v) is 6.34. The average Bonchev–Trinajstić information content (AvgIpc) is 2.61. The summed E-state index contributed by atoms with van der Waals surface area (Å²) in [7, 11) is 0. The normalized spacial score (nSPS) is 17.6. The van der Waals surface area contributed by atoms with Gasteiger partial charge in [0.05, 0.1) is 26.0 Å². The van der Waals surface area contributed by atoms with Crippen molar-refractivity contribution in [2.24, 2.45) is 0 Å². The van der Waals surface area contributed by atoms with Gasteiger partial charge in [-0.1, -0.05) is 48.8 Å². The van der Waals surface area contributed by atoms with Crippen LogP contribution in [-0.4, -0.2) is 5.37 Å². The molecule has 1 nitrogen and oxygen atoms in total. The third kappa shape index (κ3) is 2.52. The number of nitrogens with one attached hydrogen (secondary N) is 1. The van der Waals surface area contributed by atoms with Crippen LogP contribution >= 0.6 is 35.0 Å². The van der Waals surface area contributed by atoms with Crippen LogP contribution in [0.4, 0.5) is 10.1 Å². The Hall–Kier alpha value is -0.120. The molecule has 0 saturated carbocycles. The molecule has 15 heavy (non-hydrogen) atoms. The van der Waals surface area contributed by atoms with Crippen molar-refractivity contribution in [2.75, 3.05) is 5.32 Å². The van der Waals surface area contributed by atoms with Crippen molar-refractivity contribution in [1.82, 2.24) is 0 Å². The summed E-state index contributed by atoms with van der Waals surface area (Å²) in [5.74, 6) is -0.386. The fourth-order valence-electron chi connectivity index (χ4n) is 1.23. The second-order valence-corrected chi connectivity index (χ2v) is 4.93. The number of anilines is 1. The Morgan fingerprint density at radius 2 is 1.93 bits per heavy atom. The molecule has 5 heteroatoms. The Morgan fingerprint density at radius 3 is 2.53 bits per heavy atom. The van der Waals surface area contributed by atoms with Gasteiger partial charge in [0.15, 0.2) is 5.82 Å². The van der Waals surface area contributed by atoms with Crippen LogP contribution in [0.2, 0.25) is 10.0 Å². The molecule has 1 N–H and O–H groups in total. The van der Waals surface area contributed by atoms with E-state index in [1.165, 1.54) is 17.8 Å². The lowest BCUT2D eigenvalue weighted by Gasteiger charge is -2.04. The van der Waals surface area contributed by atoms with Crippen LogP contribution in [0.5, 0.6) is 0 Å². The van der Waals surface area contributed by atoms with E-state index >= 15 is 0 Å². The number of benzene rings is 1. The Labute approximate surface area is 103 Å². The van der Waals surface area contributed by atoms with Crippen molar-refractivity contribution in [1.29, 1.82) is 0 Å². The molecule has 0 spiro atoms. The number of rotatable bonds is 0. The van der Waals surface area contributed by atoms with E-state index < -0.39 is 0 Å². The molecule has 1 atom stereocenters. The van der Waals surface area contributed by atoms with Gasteiger partial charge in [0.1, 0.15) is 0 Å². The first-order valence-electron chi connectivity index (χ1n) is 4.70. The zero-order chi connectivity index (χ0) is 11.6. The molecule has 0 aromatic heterocycles. The Balaban J connectivity index is 0.000000531. The van der Waals surface area contributed by atoms with Gasteiger partial charge in [-0.25, -0.2) is 4.39 Å². The minimum atomic E-state index is -0.386. The molecule has 1 heterocycles. The highest BCUT2D eigenvalue weighted by atomic mass is 35.5. The third-order valence-electron chi connectivity index (χ3n) is 1.77. The van der Waals surface area contributed by atoms with Gasteiger partial charge in [0.2, 0.25) is 0 Å². The zero-order valence-electron chi connectivity index (χ0n) is 8.70. The number of halogens is 3. The fraction of sp³-hybridized carbons (Fsp3) is 0.400. The molecule has 0 bridgehead atoms. The number of fused-ring (bicyclic) bond motifs is 1. The van der Waals surface area contributed by atoms with E-state index in [2.05, 4.69) is 5.32 Å². The van der Waals surface area contributed by atoms with E-state index in [4.69, 9.17) is 23.2 Å². The van der Waals surface area contributed by atoms with Gasteiger partial charge in [-0.3, -0.25) is 0 Å². The molecule has 1 aliphatic heterocycles. The van der Waals surface area contributed by atoms with Crippen LogP contribution in [0.25, 0.3) is 0 Å². The van der Waals surface area contributed by atoms with Crippen molar-refractivity contribution in [3.63, 3.8) is 0 Å². The maximum atomic E-state index is 13.4. The Morgan fingerprint density at radius 1 is 1.33 bits per heavy atom. The summed E-state index contributed by atoms with van der Waals surface area (Å²) in [6.07, 6.45) is 0. The maximum absolute atomic E-state index is 13.4. The molecule has 0 aliphatic carbocycles. The molecular weight excluding hydrogens is 256 g/mol. The largest absolute Gasteiger partial charge is 0.371 e. The van der Waals surface area contributed by atoms with E-state index in [0.717, 1.165) is 0 Å². The fourth-order valence-corrected chi connectivity index (χ4v) is 2.89. The molecule has 1 aliphatic rings. The van der Waals surface area contributed by atoms with E-state index in [9.17, 15) is 4.39 Å². The quantitative estimate of drug-likeness (QED) is 0.663. The lowest BCUT2D eigenvalue weighted by atomic mass is 10.3. The van der Waals surface area contributed by atoms with Crippen LogP contribution in [0.15, 0.2) is 11.0 Å². The Kier molecular flexibility index (Phi) is 4.56. The summed E-state index contributed by atoms with van der Waals surface area (Å²) >= 11 is 12.9. The average molecular weight is 268 g/mol. The van der Waals surface area contributed by atoms with Gasteiger partial charge in [-0.2, -0.15) is 0 Å². The lowest BCUT2D eigenvalue weighted by Crippen LogP contribution is -2.02. The van der Waals surface area contributed by atoms with Crippen LogP contribution in [0.3, 0.4) is 0 Å². The van der Waals surface area contributed by atoms with Crippen molar-refractivity contribution in [3.8, 4) is 0 Å². The standard InChI is InChI=1S/C8H6Cl2FNS.C2H6/c1-3-12-7-5(10)2-4(9)6(11)8(7)13-3;1-2/h2-3,12H,1H3;1-2H3. The minimum Gasteiger partial charge on any atom is -0.371 e. The van der Waals surface area contributed by atoms with Crippen LogP contribution in [0, 0.1) is 5.82 Å². The van der Waals surface area contributed by atoms with E-state index in [1.54, 1.807) is 0 Å². The van der Waals surface area contributed by atoms with Gasteiger partial charge < -0.3 is 5.32 Å². The molecule has 1 aromatic rings. The predicted molar refractivity (Wildman–Crippen MR) is 66.7 cm³/mol. The van der Waals surface area contributed by atoms with Crippen LogP contribution < -0.4 is 5.32 Å². The number of hydrogen-bond donors (Lipinski definition) is 1. The van der Waals surface area contributed by atoms with Crippen molar-refractivity contribution in [3.05, 3.63) is 21.9 Å². The molecular formula is C10H12Cl2FNS. The number of hydrogen-bond acceptors (Lipinski definition) is 2. The summed E-state index contributed by atoms with van der Waals surface area (Å²) in [6, 6.07) is 1.42. The van der Waals surface area contributed by atoms with Gasteiger partial charge in [-0.15, -0.1) is 0 Å². The molecule has 84 valence electrons. The van der Waals surface area contributed by atoms with Gasteiger partial charge in [0.25, 0.3) is 0 Å². The summed E-state index contributed by atoms with van der Waals surface area (Å²) < 4.78 is 13.4. The van der Waals surface area contributed by atoms with Crippen molar-refractivity contribution >= 4 is 40.7 Å². The highest BCUT2D eigenvalue weighted by molar-refractivity contribution is 8.00. The third-order valence-corrected chi connectivity index (χ3v) is 3.43. The number of thioether (sulfide) groups is 1. The summed E-state index contributed by atoms with van der Waals surface area (Å²) in [5.41, 5.74) is 0.654. The van der Waals surface area contributed by atoms with Crippen LogP contribution in [0.1, 0.15) is 20.8 Å². The Bertz CT molecular complexity index is 371. The van der Waals surface area contributed by atoms with Crippen LogP contribution in [-0.2, 0) is 0 Å². The van der Waals surface area contributed by atoms with Crippen molar-refractivity contribution in [2.45, 2.75) is 31.0 Å². The van der Waals surface area contributed by atoms with Gasteiger partial charge >= 0.3 is 0 Å². The predicted octanol–water partition coefficient (Wildman–Crippen LogP) is 5.02. The summed E-state index contributed by atoms with van der Waals surface area (Å²) in [6.45, 7) is 5.94. The maximum Gasteiger partial charge on any atom is 0.157 e.